The Bertz CT molecular complexity index is 951. The van der Waals surface area contributed by atoms with Crippen molar-refractivity contribution >= 4 is 34.3 Å². The van der Waals surface area contributed by atoms with E-state index in [1.54, 1.807) is 25.1 Å². The number of aliphatic carboxylic acids is 1. The highest BCUT2D eigenvalue weighted by molar-refractivity contribution is 6.31. The zero-order chi connectivity index (χ0) is 19.4. The van der Waals surface area contributed by atoms with Gasteiger partial charge in [0.2, 0.25) is 0 Å². The van der Waals surface area contributed by atoms with Crippen LogP contribution in [0.2, 0.25) is 5.02 Å². The van der Waals surface area contributed by atoms with Crippen LogP contribution in [0.4, 0.5) is 0 Å². The van der Waals surface area contributed by atoms with E-state index in [1.807, 2.05) is 36.4 Å². The highest BCUT2D eigenvalue weighted by Crippen LogP contribution is 2.23. The third kappa shape index (κ3) is 4.89. The summed E-state index contributed by atoms with van der Waals surface area (Å²) < 4.78 is 5.60. The number of carboxylic acid groups (broad SMARTS) is 1. The zero-order valence-corrected chi connectivity index (χ0v) is 15.6. The largest absolute Gasteiger partial charge is 0.483 e. The van der Waals surface area contributed by atoms with Crippen LogP contribution in [-0.2, 0) is 16.0 Å². The van der Waals surface area contributed by atoms with Crippen molar-refractivity contribution in [2.24, 2.45) is 5.92 Å². The molecule has 27 heavy (non-hydrogen) atoms. The Kier molecular flexibility index (Phi) is 5.81. The summed E-state index contributed by atoms with van der Waals surface area (Å²) in [6.45, 7) is 1.64. The van der Waals surface area contributed by atoms with Crippen molar-refractivity contribution in [2.75, 3.05) is 0 Å². The van der Waals surface area contributed by atoms with Crippen molar-refractivity contribution in [2.45, 2.75) is 25.9 Å². The molecular formula is C21H20ClNO4. The van der Waals surface area contributed by atoms with E-state index in [9.17, 15) is 14.7 Å². The number of hydrogen-bond acceptors (Lipinski definition) is 3. The zero-order valence-electron chi connectivity index (χ0n) is 14.8. The molecule has 1 aromatic heterocycles. The standard InChI is InChI=1S/C21H20ClNO4/c1-13(27-18-5-3-2-4-6-18)20(24)12-15(21(25)26)11-17-10-14-9-16(22)7-8-19(14)23-17/h2-10,13,15,23H,11-12H2,1H3,(H,25,26)/t13?,15-/m0/s1. The van der Waals surface area contributed by atoms with E-state index in [2.05, 4.69) is 4.98 Å². The predicted octanol–water partition coefficient (Wildman–Crippen LogP) is 4.49. The molecule has 0 radical (unpaired) electrons. The molecule has 3 aromatic rings. The second-order valence-electron chi connectivity index (χ2n) is 6.51. The van der Waals surface area contributed by atoms with Crippen LogP contribution in [0.15, 0.2) is 54.6 Å². The Morgan fingerprint density at radius 2 is 1.89 bits per heavy atom. The molecule has 6 heteroatoms. The van der Waals surface area contributed by atoms with Gasteiger partial charge in [-0.3, -0.25) is 9.59 Å². The third-order valence-electron chi connectivity index (χ3n) is 4.41. The molecule has 1 heterocycles. The van der Waals surface area contributed by atoms with Gasteiger partial charge in [0.15, 0.2) is 11.9 Å². The van der Waals surface area contributed by atoms with Gasteiger partial charge >= 0.3 is 5.97 Å². The Morgan fingerprint density at radius 3 is 2.59 bits per heavy atom. The first-order valence-corrected chi connectivity index (χ1v) is 9.04. The number of rotatable bonds is 8. The molecule has 3 rings (SSSR count). The number of fused-ring (bicyclic) bond motifs is 1. The number of hydrogen-bond donors (Lipinski definition) is 2. The van der Waals surface area contributed by atoms with Gasteiger partial charge in [-0.15, -0.1) is 0 Å². The quantitative estimate of drug-likeness (QED) is 0.598. The minimum absolute atomic E-state index is 0.0978. The van der Waals surface area contributed by atoms with Crippen molar-refractivity contribution in [3.8, 4) is 5.75 Å². The molecule has 2 N–H and O–H groups in total. The third-order valence-corrected chi connectivity index (χ3v) is 4.65. The number of para-hydroxylation sites is 1. The molecule has 0 aliphatic rings. The summed E-state index contributed by atoms with van der Waals surface area (Å²) in [5.41, 5.74) is 1.63. The van der Waals surface area contributed by atoms with Gasteiger partial charge < -0.3 is 14.8 Å². The number of aromatic nitrogens is 1. The number of nitrogens with one attached hydrogen (secondary N) is 1. The van der Waals surface area contributed by atoms with Crippen LogP contribution in [0, 0.1) is 5.92 Å². The van der Waals surface area contributed by atoms with E-state index in [-0.39, 0.29) is 18.6 Å². The SMILES string of the molecule is CC(Oc1ccccc1)C(=O)C[C@H](Cc1cc2cc(Cl)ccc2[nH]1)C(=O)O. The van der Waals surface area contributed by atoms with Crippen LogP contribution in [0.25, 0.3) is 10.9 Å². The maximum atomic E-state index is 12.5. The lowest BCUT2D eigenvalue weighted by Crippen LogP contribution is -2.29. The highest BCUT2D eigenvalue weighted by Gasteiger charge is 2.26. The molecule has 0 saturated heterocycles. The van der Waals surface area contributed by atoms with Crippen molar-refractivity contribution in [1.29, 1.82) is 0 Å². The van der Waals surface area contributed by atoms with E-state index < -0.39 is 18.0 Å². The summed E-state index contributed by atoms with van der Waals surface area (Å²) in [6, 6.07) is 16.3. The smallest absolute Gasteiger partial charge is 0.307 e. The lowest BCUT2D eigenvalue weighted by molar-refractivity contribution is -0.144. The number of halogens is 1. The summed E-state index contributed by atoms with van der Waals surface area (Å²) in [4.78, 5) is 27.3. The van der Waals surface area contributed by atoms with Crippen LogP contribution in [0.5, 0.6) is 5.75 Å². The Morgan fingerprint density at radius 1 is 1.15 bits per heavy atom. The van der Waals surface area contributed by atoms with Gasteiger partial charge in [-0.05, 0) is 43.3 Å². The number of benzene rings is 2. The molecule has 0 aliphatic carbocycles. The average Bonchev–Trinajstić information content (AvgIpc) is 3.03. The minimum atomic E-state index is -1.01. The van der Waals surface area contributed by atoms with E-state index in [0.717, 1.165) is 16.6 Å². The maximum absolute atomic E-state index is 12.5. The molecule has 0 aliphatic heterocycles. The molecule has 140 valence electrons. The summed E-state index contributed by atoms with van der Waals surface area (Å²) in [6.07, 6.45) is -0.582. The number of ketones is 1. The molecule has 1 unspecified atom stereocenters. The van der Waals surface area contributed by atoms with Crippen molar-refractivity contribution in [1.82, 2.24) is 4.98 Å². The fraction of sp³-hybridized carbons (Fsp3) is 0.238. The van der Waals surface area contributed by atoms with E-state index in [1.165, 1.54) is 0 Å². The first kappa shape index (κ1) is 19.0. The molecule has 2 aromatic carbocycles. The molecule has 0 saturated carbocycles. The Hall–Kier alpha value is -2.79. The molecule has 0 spiro atoms. The van der Waals surface area contributed by atoms with Crippen molar-refractivity contribution in [3.63, 3.8) is 0 Å². The second kappa shape index (κ2) is 8.27. The molecule has 2 atom stereocenters. The van der Waals surface area contributed by atoms with E-state index in [0.29, 0.717) is 10.8 Å². The number of aromatic amines is 1. The van der Waals surface area contributed by atoms with Crippen LogP contribution in [-0.4, -0.2) is 27.9 Å². The van der Waals surface area contributed by atoms with E-state index in [4.69, 9.17) is 16.3 Å². The van der Waals surface area contributed by atoms with Gasteiger partial charge in [-0.2, -0.15) is 0 Å². The number of ether oxygens (including phenoxy) is 1. The van der Waals surface area contributed by atoms with E-state index >= 15 is 0 Å². The number of carboxylic acids is 1. The minimum Gasteiger partial charge on any atom is -0.483 e. The highest BCUT2D eigenvalue weighted by atomic mass is 35.5. The topological polar surface area (TPSA) is 79.4 Å². The molecule has 0 fully saturated rings. The van der Waals surface area contributed by atoms with Crippen LogP contribution in [0.1, 0.15) is 19.0 Å². The fourth-order valence-corrected chi connectivity index (χ4v) is 3.14. The molecule has 0 amide bonds. The van der Waals surface area contributed by atoms with Gasteiger partial charge in [0.1, 0.15) is 5.75 Å². The first-order chi connectivity index (χ1) is 12.9. The van der Waals surface area contributed by atoms with Crippen molar-refractivity contribution < 1.29 is 19.4 Å². The lowest BCUT2D eigenvalue weighted by atomic mass is 9.95. The summed E-state index contributed by atoms with van der Waals surface area (Å²) in [7, 11) is 0. The molecular weight excluding hydrogens is 366 g/mol. The van der Waals surface area contributed by atoms with Gasteiger partial charge in [0.05, 0.1) is 5.92 Å². The van der Waals surface area contributed by atoms with Gasteiger partial charge in [0.25, 0.3) is 0 Å². The summed E-state index contributed by atoms with van der Waals surface area (Å²) in [5.74, 6) is -1.50. The molecule has 5 nitrogen and oxygen atoms in total. The monoisotopic (exact) mass is 385 g/mol. The summed E-state index contributed by atoms with van der Waals surface area (Å²) >= 11 is 5.99. The Balaban J connectivity index is 1.67. The van der Waals surface area contributed by atoms with Gasteiger partial charge in [-0.25, -0.2) is 0 Å². The number of carbonyl (C=O) groups excluding carboxylic acids is 1. The van der Waals surface area contributed by atoms with Gasteiger partial charge in [-0.1, -0.05) is 29.8 Å². The molecule has 0 bridgehead atoms. The predicted molar refractivity (Wildman–Crippen MR) is 104 cm³/mol. The fourth-order valence-electron chi connectivity index (χ4n) is 2.96. The van der Waals surface area contributed by atoms with Crippen molar-refractivity contribution in [3.05, 3.63) is 65.3 Å². The Labute approximate surface area is 161 Å². The second-order valence-corrected chi connectivity index (χ2v) is 6.95. The van der Waals surface area contributed by atoms with Crippen LogP contribution in [0.3, 0.4) is 0 Å². The van der Waals surface area contributed by atoms with Gasteiger partial charge in [0, 0.05) is 34.5 Å². The number of carbonyl (C=O) groups is 2. The normalized spacial score (nSPS) is 13.3. The maximum Gasteiger partial charge on any atom is 0.307 e. The number of H-pyrrole nitrogens is 1. The lowest BCUT2D eigenvalue weighted by Gasteiger charge is -2.16. The number of Topliss-reactive ketones (excluding diaryl/α,β-unsaturated/α-hetero) is 1. The first-order valence-electron chi connectivity index (χ1n) is 8.67. The van der Waals surface area contributed by atoms with Crippen LogP contribution < -0.4 is 4.74 Å². The van der Waals surface area contributed by atoms with Crippen LogP contribution >= 0.6 is 11.6 Å². The average molecular weight is 386 g/mol. The summed E-state index contributed by atoms with van der Waals surface area (Å²) in [5, 5.41) is 11.1.